The Bertz CT molecular complexity index is 1210. The zero-order valence-corrected chi connectivity index (χ0v) is 19.3. The van der Waals surface area contributed by atoms with E-state index in [4.69, 9.17) is 4.74 Å². The minimum absolute atomic E-state index is 0.0822. The van der Waals surface area contributed by atoms with Crippen LogP contribution in [0.15, 0.2) is 58.3 Å². The molecule has 0 saturated carbocycles. The summed E-state index contributed by atoms with van der Waals surface area (Å²) in [5, 5.41) is 2.67. The molecule has 2 heterocycles. The predicted octanol–water partition coefficient (Wildman–Crippen LogP) is 1.64. The Balaban J connectivity index is 1.47. The molecule has 2 aromatic rings. The first-order chi connectivity index (χ1) is 15.7. The number of nitrogens with zero attached hydrogens (tertiary/aromatic N) is 2. The highest BCUT2D eigenvalue weighted by atomic mass is 32.2. The maximum Gasteiger partial charge on any atom is 0.243 e. The molecule has 1 atom stereocenters. The SMILES string of the molecule is O=C(Nc1ccc(S(=O)(=O)N2CCOCC2)cc1)C1CCCN1S(=O)(=O)c1ccc(F)cc1. The van der Waals surface area contributed by atoms with E-state index < -0.39 is 37.8 Å². The first kappa shape index (κ1) is 23.8. The number of halogens is 1. The Morgan fingerprint density at radius 1 is 0.879 bits per heavy atom. The molecule has 0 aromatic heterocycles. The third kappa shape index (κ3) is 4.94. The number of nitrogens with one attached hydrogen (secondary N) is 1. The number of rotatable bonds is 6. The van der Waals surface area contributed by atoms with Crippen molar-refractivity contribution < 1.29 is 30.8 Å². The number of sulfonamides is 2. The van der Waals surface area contributed by atoms with Crippen molar-refractivity contribution >= 4 is 31.6 Å². The van der Waals surface area contributed by atoms with Crippen LogP contribution in [-0.2, 0) is 29.6 Å². The lowest BCUT2D eigenvalue weighted by atomic mass is 10.2. The van der Waals surface area contributed by atoms with Crippen molar-refractivity contribution in [2.45, 2.75) is 28.7 Å². The highest BCUT2D eigenvalue weighted by molar-refractivity contribution is 7.89. The zero-order chi connectivity index (χ0) is 23.6. The second-order valence-corrected chi connectivity index (χ2v) is 11.6. The zero-order valence-electron chi connectivity index (χ0n) is 17.7. The van der Waals surface area contributed by atoms with Gasteiger partial charge in [0.25, 0.3) is 0 Å². The summed E-state index contributed by atoms with van der Waals surface area (Å²) < 4.78 is 72.2. The molecule has 2 saturated heterocycles. The fourth-order valence-corrected chi connectivity index (χ4v) is 6.97. The van der Waals surface area contributed by atoms with Crippen LogP contribution in [-0.4, -0.2) is 70.2 Å². The fraction of sp³-hybridized carbons (Fsp3) is 0.381. The number of morpholine rings is 1. The van der Waals surface area contributed by atoms with Crippen molar-refractivity contribution in [1.29, 1.82) is 0 Å². The number of benzene rings is 2. The summed E-state index contributed by atoms with van der Waals surface area (Å²) in [4.78, 5) is 12.9. The van der Waals surface area contributed by atoms with Gasteiger partial charge in [0.05, 0.1) is 23.0 Å². The van der Waals surface area contributed by atoms with Crippen molar-refractivity contribution in [2.24, 2.45) is 0 Å². The summed E-state index contributed by atoms with van der Waals surface area (Å²) in [5.41, 5.74) is 0.354. The van der Waals surface area contributed by atoms with Crippen LogP contribution in [0, 0.1) is 5.82 Å². The van der Waals surface area contributed by atoms with Gasteiger partial charge < -0.3 is 10.1 Å². The van der Waals surface area contributed by atoms with Gasteiger partial charge in [0.1, 0.15) is 11.9 Å². The molecule has 2 aliphatic rings. The van der Waals surface area contributed by atoms with E-state index in [9.17, 15) is 26.0 Å². The molecule has 0 aliphatic carbocycles. The Morgan fingerprint density at radius 2 is 1.45 bits per heavy atom. The first-order valence-corrected chi connectivity index (χ1v) is 13.3. The van der Waals surface area contributed by atoms with Crippen molar-refractivity contribution in [3.05, 3.63) is 54.3 Å². The summed E-state index contributed by atoms with van der Waals surface area (Å²) >= 11 is 0. The standard InChI is InChI=1S/C21H24FN3O6S2/c22-16-3-7-19(8-4-16)33(29,30)25-11-1-2-20(25)21(26)23-17-5-9-18(10-6-17)32(27,28)24-12-14-31-15-13-24/h3-10,20H,1-2,11-15H2,(H,23,26). The molecule has 1 unspecified atom stereocenters. The van der Waals surface area contributed by atoms with E-state index in [0.717, 1.165) is 16.4 Å². The van der Waals surface area contributed by atoms with Gasteiger partial charge in [-0.1, -0.05) is 0 Å². The van der Waals surface area contributed by atoms with Gasteiger partial charge in [-0.15, -0.1) is 0 Å². The number of hydrogen-bond donors (Lipinski definition) is 1. The summed E-state index contributed by atoms with van der Waals surface area (Å²) in [7, 11) is -7.63. The molecule has 178 valence electrons. The highest BCUT2D eigenvalue weighted by Crippen LogP contribution is 2.27. The third-order valence-corrected chi connectivity index (χ3v) is 9.49. The van der Waals surface area contributed by atoms with E-state index in [-0.39, 0.29) is 29.4 Å². The number of ether oxygens (including phenoxy) is 1. The van der Waals surface area contributed by atoms with E-state index in [1.54, 1.807) is 0 Å². The van der Waals surface area contributed by atoms with Gasteiger partial charge in [0.15, 0.2) is 0 Å². The predicted molar refractivity (Wildman–Crippen MR) is 118 cm³/mol. The van der Waals surface area contributed by atoms with Crippen LogP contribution in [0.2, 0.25) is 0 Å². The van der Waals surface area contributed by atoms with Crippen LogP contribution in [0.5, 0.6) is 0 Å². The maximum atomic E-state index is 13.2. The van der Waals surface area contributed by atoms with Crippen molar-refractivity contribution in [3.8, 4) is 0 Å². The van der Waals surface area contributed by atoms with Gasteiger partial charge in [-0.25, -0.2) is 21.2 Å². The number of carbonyl (C=O) groups excluding carboxylic acids is 1. The number of amides is 1. The molecule has 0 spiro atoms. The Morgan fingerprint density at radius 3 is 2.09 bits per heavy atom. The Labute approximate surface area is 192 Å². The number of anilines is 1. The summed E-state index contributed by atoms with van der Waals surface area (Å²) in [6.45, 7) is 1.41. The molecule has 0 bridgehead atoms. The Kier molecular flexibility index (Phi) is 6.82. The monoisotopic (exact) mass is 497 g/mol. The van der Waals surface area contributed by atoms with Crippen molar-refractivity contribution in [2.75, 3.05) is 38.2 Å². The van der Waals surface area contributed by atoms with Gasteiger partial charge in [0, 0.05) is 25.3 Å². The molecule has 2 fully saturated rings. The number of hydrogen-bond acceptors (Lipinski definition) is 6. The molecule has 9 nitrogen and oxygen atoms in total. The van der Waals surface area contributed by atoms with E-state index >= 15 is 0 Å². The molecule has 0 radical (unpaired) electrons. The minimum atomic E-state index is -3.97. The van der Waals surface area contributed by atoms with Crippen LogP contribution < -0.4 is 5.32 Å². The molecule has 33 heavy (non-hydrogen) atoms. The van der Waals surface area contributed by atoms with E-state index in [1.165, 1.54) is 40.7 Å². The number of carbonyl (C=O) groups is 1. The van der Waals surface area contributed by atoms with Crippen LogP contribution in [0.25, 0.3) is 0 Å². The fourth-order valence-electron chi connectivity index (χ4n) is 3.90. The summed E-state index contributed by atoms with van der Waals surface area (Å²) in [6.07, 6.45) is 0.852. The molecule has 1 amide bonds. The second-order valence-electron chi connectivity index (χ2n) is 7.76. The first-order valence-electron chi connectivity index (χ1n) is 10.5. The van der Waals surface area contributed by atoms with Crippen LogP contribution >= 0.6 is 0 Å². The van der Waals surface area contributed by atoms with Crippen LogP contribution in [0.4, 0.5) is 10.1 Å². The topological polar surface area (TPSA) is 113 Å². The van der Waals surface area contributed by atoms with Gasteiger partial charge in [0.2, 0.25) is 26.0 Å². The summed E-state index contributed by atoms with van der Waals surface area (Å²) in [5.74, 6) is -1.06. The molecule has 2 aromatic carbocycles. The van der Waals surface area contributed by atoms with Gasteiger partial charge in [-0.2, -0.15) is 8.61 Å². The smallest absolute Gasteiger partial charge is 0.243 e. The minimum Gasteiger partial charge on any atom is -0.379 e. The van der Waals surface area contributed by atoms with Gasteiger partial charge in [-0.3, -0.25) is 4.79 Å². The average Bonchev–Trinajstić information content (AvgIpc) is 3.32. The van der Waals surface area contributed by atoms with Crippen LogP contribution in [0.3, 0.4) is 0 Å². The van der Waals surface area contributed by atoms with E-state index in [2.05, 4.69) is 5.32 Å². The van der Waals surface area contributed by atoms with E-state index in [0.29, 0.717) is 31.7 Å². The Hall–Kier alpha value is -2.38. The lowest BCUT2D eigenvalue weighted by Gasteiger charge is -2.26. The van der Waals surface area contributed by atoms with E-state index in [1.807, 2.05) is 0 Å². The third-order valence-electron chi connectivity index (χ3n) is 5.66. The molecular formula is C21H24FN3O6S2. The average molecular weight is 498 g/mol. The normalized spacial score (nSPS) is 20.6. The van der Waals surface area contributed by atoms with Crippen molar-refractivity contribution in [1.82, 2.24) is 8.61 Å². The van der Waals surface area contributed by atoms with Crippen LogP contribution in [0.1, 0.15) is 12.8 Å². The lowest BCUT2D eigenvalue weighted by molar-refractivity contribution is -0.119. The summed E-state index contributed by atoms with van der Waals surface area (Å²) in [6, 6.07) is 9.30. The second kappa shape index (κ2) is 9.47. The highest BCUT2D eigenvalue weighted by Gasteiger charge is 2.39. The lowest BCUT2D eigenvalue weighted by Crippen LogP contribution is -2.43. The van der Waals surface area contributed by atoms with Crippen molar-refractivity contribution in [3.63, 3.8) is 0 Å². The van der Waals surface area contributed by atoms with Gasteiger partial charge in [-0.05, 0) is 61.4 Å². The molecule has 12 heteroatoms. The molecule has 4 rings (SSSR count). The largest absolute Gasteiger partial charge is 0.379 e. The quantitative estimate of drug-likeness (QED) is 0.649. The maximum absolute atomic E-state index is 13.2. The molecule has 2 aliphatic heterocycles. The van der Waals surface area contributed by atoms with Gasteiger partial charge >= 0.3 is 0 Å². The molecular weight excluding hydrogens is 473 g/mol. The molecule has 1 N–H and O–H groups in total.